The largest absolute Gasteiger partial charge is 0.480 e. The van der Waals surface area contributed by atoms with E-state index in [-0.39, 0.29) is 24.9 Å². The van der Waals surface area contributed by atoms with Crippen LogP contribution in [-0.2, 0) is 19.6 Å². The maximum Gasteiger partial charge on any atom is 0.321 e. The van der Waals surface area contributed by atoms with Gasteiger partial charge in [-0.25, -0.2) is 13.1 Å². The molecular weight excluding hydrogens is 284 g/mol. The molecule has 8 heteroatoms. The summed E-state index contributed by atoms with van der Waals surface area (Å²) >= 11 is 0. The van der Waals surface area contributed by atoms with Crippen LogP contribution in [0.4, 0.5) is 0 Å². The number of carbonyl (C=O) groups is 2. The van der Waals surface area contributed by atoms with E-state index in [1.165, 1.54) is 6.92 Å². The van der Waals surface area contributed by atoms with E-state index in [0.29, 0.717) is 0 Å². The molecule has 2 N–H and O–H groups in total. The second kappa shape index (κ2) is 5.69. The van der Waals surface area contributed by atoms with Crippen molar-refractivity contribution in [3.63, 3.8) is 0 Å². The van der Waals surface area contributed by atoms with Crippen molar-refractivity contribution >= 4 is 21.9 Å². The van der Waals surface area contributed by atoms with Crippen LogP contribution in [0.5, 0.6) is 0 Å². The van der Waals surface area contributed by atoms with Crippen LogP contribution in [0.25, 0.3) is 0 Å². The highest BCUT2D eigenvalue weighted by Crippen LogP contribution is 2.29. The van der Waals surface area contributed by atoms with Gasteiger partial charge in [-0.2, -0.15) is 0 Å². The molecule has 1 heterocycles. The summed E-state index contributed by atoms with van der Waals surface area (Å²) in [6, 6.07) is -1.15. The van der Waals surface area contributed by atoms with E-state index in [2.05, 4.69) is 4.72 Å². The summed E-state index contributed by atoms with van der Waals surface area (Å²) in [4.78, 5) is 24.3. The van der Waals surface area contributed by atoms with Gasteiger partial charge in [0.05, 0.1) is 0 Å². The number of hydrogen-bond acceptors (Lipinski definition) is 4. The first-order valence-electron chi connectivity index (χ1n) is 6.84. The van der Waals surface area contributed by atoms with Crippen molar-refractivity contribution in [1.29, 1.82) is 0 Å². The molecule has 114 valence electrons. The van der Waals surface area contributed by atoms with Gasteiger partial charge in [-0.05, 0) is 19.8 Å². The number of aliphatic carboxylic acids is 1. The van der Waals surface area contributed by atoms with Crippen LogP contribution in [0, 0.1) is 5.92 Å². The van der Waals surface area contributed by atoms with E-state index in [4.69, 9.17) is 5.11 Å². The fraction of sp³-hybridized carbons (Fsp3) is 0.833. The van der Waals surface area contributed by atoms with Crippen molar-refractivity contribution in [1.82, 2.24) is 9.62 Å². The van der Waals surface area contributed by atoms with Crippen LogP contribution in [0.15, 0.2) is 0 Å². The van der Waals surface area contributed by atoms with Gasteiger partial charge in [0.2, 0.25) is 15.9 Å². The Bertz CT molecular complexity index is 492. The number of carboxylic acids is 1. The minimum atomic E-state index is -3.68. The first-order chi connectivity index (χ1) is 9.31. The van der Waals surface area contributed by atoms with Crippen LogP contribution in [0.3, 0.4) is 0 Å². The zero-order chi connectivity index (χ0) is 14.9. The van der Waals surface area contributed by atoms with Gasteiger partial charge in [0, 0.05) is 19.0 Å². The third-order valence-electron chi connectivity index (χ3n) is 4.01. The lowest BCUT2D eigenvalue weighted by Crippen LogP contribution is -2.61. The molecule has 1 saturated carbocycles. The molecule has 1 aliphatic heterocycles. The summed E-state index contributed by atoms with van der Waals surface area (Å²) in [5.74, 6) is -1.13. The lowest BCUT2D eigenvalue weighted by atomic mass is 10.0. The molecular formula is C12H20N2O5S. The Labute approximate surface area is 118 Å². The fourth-order valence-corrected chi connectivity index (χ4v) is 4.18. The Hall–Kier alpha value is -1.15. The predicted molar refractivity (Wildman–Crippen MR) is 71.5 cm³/mol. The lowest BCUT2D eigenvalue weighted by Gasteiger charge is -2.40. The number of rotatable bonds is 5. The number of nitrogens with zero attached hydrogens (tertiary/aromatic N) is 1. The van der Waals surface area contributed by atoms with Crippen LogP contribution in [-0.4, -0.2) is 54.7 Å². The van der Waals surface area contributed by atoms with Gasteiger partial charge >= 0.3 is 5.97 Å². The number of likely N-dealkylation sites (tertiary alicyclic amines) is 1. The summed E-state index contributed by atoms with van der Waals surface area (Å²) in [7, 11) is -3.68. The predicted octanol–water partition coefficient (Wildman–Crippen LogP) is -0.220. The first kappa shape index (κ1) is 15.2. The average Bonchev–Trinajstić information content (AvgIpc) is 2.78. The van der Waals surface area contributed by atoms with Crippen LogP contribution < -0.4 is 4.72 Å². The molecule has 0 aromatic carbocycles. The minimum absolute atomic E-state index is 0.0419. The smallest absolute Gasteiger partial charge is 0.321 e. The highest BCUT2D eigenvalue weighted by atomic mass is 32.2. The highest BCUT2D eigenvalue weighted by molar-refractivity contribution is 7.90. The molecule has 1 atom stereocenters. The molecule has 1 aliphatic carbocycles. The van der Waals surface area contributed by atoms with Crippen molar-refractivity contribution in [2.24, 2.45) is 5.92 Å². The topological polar surface area (TPSA) is 104 Å². The third kappa shape index (κ3) is 3.12. The summed E-state index contributed by atoms with van der Waals surface area (Å²) in [6.07, 6.45) is 3.90. The lowest BCUT2D eigenvalue weighted by molar-refractivity contribution is -0.139. The molecule has 0 unspecified atom stereocenters. The number of nitrogens with one attached hydrogen (secondary N) is 1. The Balaban J connectivity index is 1.85. The number of carboxylic acid groups (broad SMARTS) is 1. The maximum absolute atomic E-state index is 12.0. The Kier molecular flexibility index (Phi) is 4.33. The SMILES string of the molecule is C[C@H](NS(=O)(=O)C1CN(C(=O)C2CCCC2)C1)C(=O)O. The molecule has 0 aromatic rings. The van der Waals surface area contributed by atoms with Crippen molar-refractivity contribution < 1.29 is 23.1 Å². The number of carbonyl (C=O) groups excluding carboxylic acids is 1. The van der Waals surface area contributed by atoms with E-state index in [0.717, 1.165) is 25.7 Å². The molecule has 0 aromatic heterocycles. The van der Waals surface area contributed by atoms with E-state index in [1.807, 2.05) is 0 Å². The highest BCUT2D eigenvalue weighted by Gasteiger charge is 2.42. The molecule has 0 radical (unpaired) electrons. The van der Waals surface area contributed by atoms with Gasteiger partial charge in [-0.15, -0.1) is 0 Å². The van der Waals surface area contributed by atoms with Crippen molar-refractivity contribution in [2.45, 2.75) is 43.9 Å². The Morgan fingerprint density at radius 2 is 1.80 bits per heavy atom. The van der Waals surface area contributed by atoms with Crippen LogP contribution >= 0.6 is 0 Å². The summed E-state index contributed by atoms with van der Waals surface area (Å²) < 4.78 is 25.9. The van der Waals surface area contributed by atoms with Crippen molar-refractivity contribution in [3.8, 4) is 0 Å². The number of amides is 1. The fourth-order valence-electron chi connectivity index (χ4n) is 2.64. The first-order valence-corrected chi connectivity index (χ1v) is 8.38. The normalized spacial score (nSPS) is 22.6. The quantitative estimate of drug-likeness (QED) is 0.731. The summed E-state index contributed by atoms with van der Waals surface area (Å²) in [6.45, 7) is 1.61. The molecule has 2 fully saturated rings. The van der Waals surface area contributed by atoms with Crippen molar-refractivity contribution in [2.75, 3.05) is 13.1 Å². The zero-order valence-electron chi connectivity index (χ0n) is 11.4. The Morgan fingerprint density at radius 1 is 1.25 bits per heavy atom. The van der Waals surface area contributed by atoms with Gasteiger partial charge in [-0.3, -0.25) is 9.59 Å². The number of hydrogen-bond donors (Lipinski definition) is 2. The molecule has 20 heavy (non-hydrogen) atoms. The van der Waals surface area contributed by atoms with Gasteiger partial charge in [-0.1, -0.05) is 12.8 Å². The molecule has 0 spiro atoms. The summed E-state index contributed by atoms with van der Waals surface area (Å²) in [5, 5.41) is 8.01. The number of sulfonamides is 1. The van der Waals surface area contributed by atoms with Gasteiger partial charge < -0.3 is 10.0 Å². The second-order valence-corrected chi connectivity index (χ2v) is 7.56. The summed E-state index contributed by atoms with van der Waals surface area (Å²) in [5.41, 5.74) is 0. The molecule has 2 rings (SSSR count). The third-order valence-corrected chi connectivity index (χ3v) is 5.87. The average molecular weight is 304 g/mol. The molecule has 1 saturated heterocycles. The van der Waals surface area contributed by atoms with Crippen LogP contribution in [0.1, 0.15) is 32.6 Å². The monoisotopic (exact) mass is 304 g/mol. The van der Waals surface area contributed by atoms with Gasteiger partial charge in [0.1, 0.15) is 11.3 Å². The van der Waals surface area contributed by atoms with Crippen molar-refractivity contribution in [3.05, 3.63) is 0 Å². The standard InChI is InChI=1S/C12H20N2O5S/c1-8(12(16)17)13-20(18,19)10-6-14(7-10)11(15)9-4-2-3-5-9/h8-10,13H,2-7H2,1H3,(H,16,17)/t8-/m0/s1. The van der Waals surface area contributed by atoms with Crippen LogP contribution in [0.2, 0.25) is 0 Å². The van der Waals surface area contributed by atoms with E-state index in [9.17, 15) is 18.0 Å². The van der Waals surface area contributed by atoms with Gasteiger partial charge in [0.15, 0.2) is 0 Å². The molecule has 7 nitrogen and oxygen atoms in total. The second-order valence-electron chi connectivity index (χ2n) is 5.57. The van der Waals surface area contributed by atoms with E-state index >= 15 is 0 Å². The van der Waals surface area contributed by atoms with E-state index in [1.54, 1.807) is 4.90 Å². The maximum atomic E-state index is 12.0. The molecule has 2 aliphatic rings. The Morgan fingerprint density at radius 3 is 2.30 bits per heavy atom. The zero-order valence-corrected chi connectivity index (χ0v) is 12.2. The van der Waals surface area contributed by atoms with E-state index < -0.39 is 27.3 Å². The molecule has 0 bridgehead atoms. The molecule has 1 amide bonds. The van der Waals surface area contributed by atoms with Gasteiger partial charge in [0.25, 0.3) is 0 Å². The minimum Gasteiger partial charge on any atom is -0.480 e.